The maximum absolute atomic E-state index is 12.7. The highest BCUT2D eigenvalue weighted by atomic mass is 35.5. The van der Waals surface area contributed by atoms with E-state index in [0.717, 1.165) is 6.92 Å². The Kier molecular flexibility index (Phi) is 30.6. The molecule has 0 aromatic rings. The summed E-state index contributed by atoms with van der Waals surface area (Å²) in [6.45, 7) is 18.3. The molecule has 0 saturated carbocycles. The van der Waals surface area contributed by atoms with E-state index >= 15 is 0 Å². The average Bonchev–Trinajstić information content (AvgIpc) is 1.52. The lowest BCUT2D eigenvalue weighted by molar-refractivity contribution is -0.157. The van der Waals surface area contributed by atoms with E-state index in [2.05, 4.69) is 10.6 Å². The topological polar surface area (TPSA) is 375 Å². The molecule has 2 rings (SSSR count). The van der Waals surface area contributed by atoms with Crippen molar-refractivity contribution in [3.63, 3.8) is 0 Å². The molecular formula is C73H138ClN5O19. The lowest BCUT2D eigenvalue weighted by Crippen LogP contribution is -2.44. The number of carbonyl (C=O) groups excluding carboxylic acids is 8. The van der Waals surface area contributed by atoms with Gasteiger partial charge in [-0.2, -0.15) is 0 Å². The van der Waals surface area contributed by atoms with E-state index in [0.29, 0.717) is 19.8 Å². The number of alkyl carbamates (subject to hydrolysis) is 1. The molecule has 0 spiro atoms. The number of rotatable bonds is 38. The van der Waals surface area contributed by atoms with Crippen molar-refractivity contribution in [3.05, 3.63) is 0 Å². The van der Waals surface area contributed by atoms with Crippen LogP contribution >= 0.6 is 12.4 Å². The third-order valence-corrected chi connectivity index (χ3v) is 11.3. The number of Topliss-reactive ketones (excluding diaryl/α,β-unsaturated/α-hetero) is 2. The SMILES string of the molecule is CC(C)C[C@H](NC(=O)OC(C)(C)C)C(=O)O.Cl.[2H]C(C)(C)C([2H])([2H])C([2H])([2H])NC(=O)[C@@H](CC(=O)OC(C)(C)C)CC(C)C.[2H]C(C)(C)C([2H])([2H])C([2H])([2H])NC(=O)[C@@H](CC(=O)[C@H]1O[C@@H]1C(=O)O)CC(C)C.[2H]C(C)(C)C([2H])([2H])C([2H])([2H])NC(=O)[C@@H](CC(=O)[C@H]1O[C@@H]1C(=O)OCC)CC(C)C.[2H]C([2H])([2H])C([2H])(C)C([2H])([2H])C([2H])([2H])C(=O)O.[2H]C([2H])([2H])C([2H])(C)C([2H])([2H])C([2H])([2H])N. The minimum absolute atomic E-state index is 0. The van der Waals surface area contributed by atoms with Gasteiger partial charge in [0.2, 0.25) is 17.7 Å². The Morgan fingerprint density at radius 1 is 0.510 bits per heavy atom. The Morgan fingerprint density at radius 3 is 1.15 bits per heavy atom. The van der Waals surface area contributed by atoms with Crippen LogP contribution in [0.4, 0.5) is 4.79 Å². The van der Waals surface area contributed by atoms with E-state index in [1.165, 1.54) is 41.5 Å². The van der Waals surface area contributed by atoms with E-state index in [9.17, 15) is 52.7 Å². The van der Waals surface area contributed by atoms with Crippen LogP contribution < -0.4 is 27.0 Å². The first-order chi connectivity index (χ1) is 55.9. The lowest BCUT2D eigenvalue weighted by atomic mass is 9.90. The van der Waals surface area contributed by atoms with Crippen molar-refractivity contribution in [2.24, 2.45) is 76.6 Å². The Bertz CT molecular complexity index is 3680. The zero-order valence-electron chi connectivity index (χ0n) is 92.4. The first kappa shape index (κ1) is 55.2. The summed E-state index contributed by atoms with van der Waals surface area (Å²) in [7, 11) is 0. The van der Waals surface area contributed by atoms with E-state index in [-0.39, 0.29) is 74.8 Å². The van der Waals surface area contributed by atoms with E-state index < -0.39 is 232 Å². The number of halogens is 1. The second-order valence-electron chi connectivity index (χ2n) is 26.6. The van der Waals surface area contributed by atoms with E-state index in [1.807, 2.05) is 52.2 Å². The van der Waals surface area contributed by atoms with Gasteiger partial charge in [-0.15, -0.1) is 12.4 Å². The van der Waals surface area contributed by atoms with Gasteiger partial charge in [0, 0.05) is 99.0 Å². The molecule has 24 nitrogen and oxygen atoms in total. The van der Waals surface area contributed by atoms with Crippen LogP contribution in [0.15, 0.2) is 0 Å². The molecule has 2 heterocycles. The van der Waals surface area contributed by atoms with Gasteiger partial charge in [0.05, 0.1) is 13.0 Å². The first-order valence-corrected chi connectivity index (χ1v) is 31.6. The van der Waals surface area contributed by atoms with Crippen molar-refractivity contribution in [2.75, 3.05) is 32.6 Å². The minimum Gasteiger partial charge on any atom is -0.481 e. The van der Waals surface area contributed by atoms with Crippen molar-refractivity contribution in [1.29, 1.82) is 0 Å². The highest BCUT2D eigenvalue weighted by Gasteiger charge is 2.52. The van der Waals surface area contributed by atoms with Crippen molar-refractivity contribution in [3.8, 4) is 0 Å². The third-order valence-electron chi connectivity index (χ3n) is 11.3. The molecule has 0 radical (unpaired) electrons. The Morgan fingerprint density at radius 2 is 0.867 bits per heavy atom. The van der Waals surface area contributed by atoms with Gasteiger partial charge in [0.15, 0.2) is 36.0 Å². The molecule has 2 aliphatic heterocycles. The zero-order chi connectivity index (χ0) is 104. The Labute approximate surface area is 639 Å². The lowest BCUT2D eigenvalue weighted by Gasteiger charge is -2.23. The highest BCUT2D eigenvalue weighted by Crippen LogP contribution is 2.30. The second-order valence-corrected chi connectivity index (χ2v) is 26.6. The number of nitrogens with one attached hydrogen (secondary N) is 4. The summed E-state index contributed by atoms with van der Waals surface area (Å²) < 4.78 is 257. The normalized spacial score (nSPS) is 24.3. The maximum atomic E-state index is 12.7. The molecule has 0 aliphatic carbocycles. The van der Waals surface area contributed by atoms with Crippen LogP contribution in [0.1, 0.15) is 299 Å². The number of amides is 4. The molecule has 4 amide bonds. The Hall–Kier alpha value is -5.46. The van der Waals surface area contributed by atoms with Crippen LogP contribution in [0.25, 0.3) is 0 Å². The van der Waals surface area contributed by atoms with Gasteiger partial charge < -0.3 is 66.0 Å². The molecule has 0 bridgehead atoms. The van der Waals surface area contributed by atoms with Crippen LogP contribution in [0.3, 0.4) is 0 Å². The van der Waals surface area contributed by atoms with Gasteiger partial charge in [-0.3, -0.25) is 33.6 Å². The molecule has 98 heavy (non-hydrogen) atoms. The molecule has 2 aliphatic rings. The van der Waals surface area contributed by atoms with E-state index in [4.69, 9.17) is 87.2 Å². The molecule has 9 N–H and O–H groups in total. The fraction of sp³-hybridized carbons (Fsp3) is 0.849. The first-order valence-electron chi connectivity index (χ1n) is 47.1. The number of epoxide rings is 2. The standard InChI is InChI=1S/C18H31NO5.C17H33NO3.C16H27NO5.C11H21NO4.C6H12O2.C5H13N.ClH/c1-6-23-18(22)16-15(24-16)14(20)10-13(9-12(4)5)17(21)19-8-7-11(2)3;1-12(2)8-9-18-16(20)14(10-13(3)4)11-15(19)21-17(5,6)7;1-9(2)5-6-17-15(19)11(7-10(3)4)8-12(18)13-14(22-13)16(20)21;1-7(2)6-8(9(13)14)12-10(15)16-11(3,4)5;1-5(2)3-4-6(7)8;1-5(2)3-4-6;/h11-13,15-16H,6-10H2,1-5H3,(H,19,21);12-14H,8-11H2,1-7H3,(H,18,20);9-11,13-14H,5-8H2,1-4H3,(H,17,19)(H,20,21);7-8H,6H2,1-5H3,(H,12,15)(H,13,14);5H,3-4H2,1-2H3,(H,7,8);5H,3-4,6H2,1-2H3;1H/t13-,15-,16+;14-;11-,13-,14+;8-;;;/m1110.../s1/i7D2,8D2,11D;8D2,9D2,12D;5D2,6D2,9D;;2*1D3,3D2,4D2,5D;. The van der Waals surface area contributed by atoms with Crippen molar-refractivity contribution >= 4 is 77.6 Å². The predicted octanol–water partition coefficient (Wildman–Crippen LogP) is 12.2. The minimum atomic E-state index is -3.46. The number of ketones is 2. The largest absolute Gasteiger partial charge is 0.481 e. The number of carboxylic acids is 3. The number of esters is 2. The summed E-state index contributed by atoms with van der Waals surface area (Å²) in [5.41, 5.74) is 3.57. The molecule has 0 aromatic carbocycles. The van der Waals surface area contributed by atoms with Crippen LogP contribution in [-0.4, -0.2) is 155 Å². The second kappa shape index (κ2) is 54.3. The molecule has 10 atom stereocenters. The summed E-state index contributed by atoms with van der Waals surface area (Å²) in [5.74, 6) is -22.5. The van der Waals surface area contributed by atoms with Crippen LogP contribution in [0, 0.1) is 70.9 Å². The third kappa shape index (κ3) is 60.5. The Balaban J connectivity index is -0.000000486. The molecule has 25 heteroatoms. The summed E-state index contributed by atoms with van der Waals surface area (Å²) >= 11 is 0. The zero-order valence-corrected chi connectivity index (χ0v) is 62.3. The number of hydrogen-bond acceptors (Lipinski definition) is 17. The van der Waals surface area contributed by atoms with Crippen LogP contribution in [0.5, 0.6) is 0 Å². The molecule has 576 valence electrons. The summed E-state index contributed by atoms with van der Waals surface area (Å²) in [4.78, 5) is 130. The molecule has 2 unspecified atom stereocenters. The van der Waals surface area contributed by atoms with Crippen molar-refractivity contribution in [1.82, 2.24) is 21.3 Å². The fourth-order valence-corrected chi connectivity index (χ4v) is 7.52. The number of hydrogen-bond donors (Lipinski definition) is 8. The van der Waals surface area contributed by atoms with Gasteiger partial charge in [0.25, 0.3) is 0 Å². The summed E-state index contributed by atoms with van der Waals surface area (Å²) in [5, 5.41) is 34.7. The van der Waals surface area contributed by atoms with Gasteiger partial charge in [-0.1, -0.05) is 124 Å². The van der Waals surface area contributed by atoms with Crippen LogP contribution in [0.2, 0.25) is 0 Å². The van der Waals surface area contributed by atoms with Crippen LogP contribution in [-0.2, 0) is 71.6 Å². The summed E-state index contributed by atoms with van der Waals surface area (Å²) in [6, 6.07) is -0.894. The number of nitrogens with two attached hydrogens (primary N) is 1. The fourth-order valence-electron chi connectivity index (χ4n) is 7.52. The number of ether oxygens (including phenoxy) is 5. The number of carbonyl (C=O) groups is 11. The molecule has 2 fully saturated rings. The monoisotopic (exact) mass is 1460 g/mol. The summed E-state index contributed by atoms with van der Waals surface area (Å²) in [6.07, 6.45) is -22.4. The van der Waals surface area contributed by atoms with E-state index in [1.54, 1.807) is 62.3 Å². The maximum Gasteiger partial charge on any atom is 0.408 e. The quantitative estimate of drug-likeness (QED) is 0.0162. The number of aliphatic carboxylic acids is 3. The highest BCUT2D eigenvalue weighted by molar-refractivity contribution is 5.97. The van der Waals surface area contributed by atoms with Gasteiger partial charge in [0.1, 0.15) is 17.2 Å². The van der Waals surface area contributed by atoms with Gasteiger partial charge in [-0.05, 0) is 166 Å². The molecule has 2 saturated heterocycles. The van der Waals surface area contributed by atoms with Gasteiger partial charge >= 0.3 is 35.9 Å². The predicted molar refractivity (Wildman–Crippen MR) is 385 cm³/mol. The molecule has 0 aromatic heterocycles. The number of carboxylic acid groups (broad SMARTS) is 3. The molecular weight excluding hydrogens is 1290 g/mol. The van der Waals surface area contributed by atoms with Crippen molar-refractivity contribution in [2.45, 2.75) is 298 Å². The van der Waals surface area contributed by atoms with Crippen molar-refractivity contribution < 1.29 is 134 Å². The average molecular weight is 1460 g/mol. The van der Waals surface area contributed by atoms with Gasteiger partial charge in [-0.25, -0.2) is 19.2 Å². The smallest absolute Gasteiger partial charge is 0.408 e.